The highest BCUT2D eigenvalue weighted by atomic mass is 32.2. The minimum Gasteiger partial charge on any atom is -0.338 e. The van der Waals surface area contributed by atoms with Gasteiger partial charge in [-0.3, -0.25) is 0 Å². The van der Waals surface area contributed by atoms with Crippen molar-refractivity contribution in [1.82, 2.24) is 0 Å². The molecule has 0 fully saturated rings. The Morgan fingerprint density at radius 1 is 1.04 bits per heavy atom. The summed E-state index contributed by atoms with van der Waals surface area (Å²) in [5.74, 6) is 0. The van der Waals surface area contributed by atoms with Gasteiger partial charge in [0.2, 0.25) is 5.52 Å². The number of hydrogen-bond acceptors (Lipinski definition) is 3. The fraction of sp³-hybridized carbons (Fsp3) is 0.105. The highest BCUT2D eigenvalue weighted by Gasteiger charge is 2.20. The number of para-hydroxylation sites is 2. The molecule has 0 saturated carbocycles. The molecule has 0 atom stereocenters. The zero-order chi connectivity index (χ0) is 15.8. The Bertz CT molecular complexity index is 937. The van der Waals surface area contributed by atoms with E-state index in [1.165, 1.54) is 30.8 Å². The number of aryl methyl sites for hydroxylation is 1. The molecule has 4 rings (SSSR count). The fourth-order valence-electron chi connectivity index (χ4n) is 2.75. The average molecular weight is 337 g/mol. The number of fused-ring (bicyclic) bond motifs is 2. The molecule has 0 amide bonds. The van der Waals surface area contributed by atoms with Crippen LogP contribution in [0, 0.1) is 0 Å². The number of benzene rings is 2. The molecular weight excluding hydrogens is 320 g/mol. The summed E-state index contributed by atoms with van der Waals surface area (Å²) in [6.07, 6.45) is 6.53. The van der Waals surface area contributed by atoms with E-state index in [4.69, 9.17) is 0 Å². The summed E-state index contributed by atoms with van der Waals surface area (Å²) < 4.78 is 3.57. The smallest absolute Gasteiger partial charge is 0.262 e. The number of thioether (sulfide) groups is 1. The maximum absolute atomic E-state index is 2.25. The number of allylic oxidation sites excluding steroid dienone is 2. The number of nitrogens with zero attached hydrogens (tertiary/aromatic N) is 2. The van der Waals surface area contributed by atoms with Gasteiger partial charge in [0.25, 0.3) is 5.01 Å². The highest BCUT2D eigenvalue weighted by Crippen LogP contribution is 2.44. The van der Waals surface area contributed by atoms with Gasteiger partial charge in [-0.1, -0.05) is 53.4 Å². The van der Waals surface area contributed by atoms with Crippen LogP contribution in [0.3, 0.4) is 0 Å². The van der Waals surface area contributed by atoms with Crippen molar-refractivity contribution in [2.45, 2.75) is 4.90 Å². The van der Waals surface area contributed by atoms with Crippen molar-refractivity contribution in [1.29, 1.82) is 0 Å². The molecule has 4 heteroatoms. The van der Waals surface area contributed by atoms with Gasteiger partial charge in [-0.15, -0.1) is 0 Å². The van der Waals surface area contributed by atoms with Crippen molar-refractivity contribution in [2.24, 2.45) is 7.05 Å². The van der Waals surface area contributed by atoms with E-state index in [0.29, 0.717) is 0 Å². The summed E-state index contributed by atoms with van der Waals surface area (Å²) >= 11 is 3.64. The summed E-state index contributed by atoms with van der Waals surface area (Å²) in [6, 6.07) is 17.0. The number of rotatable bonds is 2. The number of thiazole rings is 1. The molecule has 0 spiro atoms. The molecule has 114 valence electrons. The Balaban J connectivity index is 1.61. The first-order valence-electron chi connectivity index (χ1n) is 7.50. The van der Waals surface area contributed by atoms with E-state index in [1.807, 2.05) is 23.1 Å². The minimum atomic E-state index is 1.26. The zero-order valence-electron chi connectivity index (χ0n) is 13.1. The van der Waals surface area contributed by atoms with Gasteiger partial charge in [0, 0.05) is 24.1 Å². The first-order chi connectivity index (χ1) is 11.2. The molecule has 23 heavy (non-hydrogen) atoms. The summed E-state index contributed by atoms with van der Waals surface area (Å²) in [5.41, 5.74) is 2.56. The van der Waals surface area contributed by atoms with Gasteiger partial charge < -0.3 is 4.90 Å². The van der Waals surface area contributed by atoms with Crippen LogP contribution in [0.25, 0.3) is 16.3 Å². The first kappa shape index (κ1) is 14.5. The highest BCUT2D eigenvalue weighted by molar-refractivity contribution is 8.03. The van der Waals surface area contributed by atoms with Crippen LogP contribution in [0.5, 0.6) is 0 Å². The average Bonchev–Trinajstić information content (AvgIpc) is 3.07. The molecule has 3 aromatic rings. The standard InChI is InChI=1S/C19H17N2S2/c1-20-14-8-3-5-10-16(14)22-18(20)12-7-13-19-21(2)15-9-4-6-11-17(15)23-19/h3-13H,1-2H3/q+1. The van der Waals surface area contributed by atoms with Gasteiger partial charge in [-0.05, 0) is 24.3 Å². The van der Waals surface area contributed by atoms with Gasteiger partial charge in [0.1, 0.15) is 11.7 Å². The van der Waals surface area contributed by atoms with Crippen LogP contribution in [0.15, 0.2) is 70.6 Å². The molecule has 0 N–H and O–H groups in total. The van der Waals surface area contributed by atoms with Crippen LogP contribution in [0.1, 0.15) is 5.01 Å². The summed E-state index contributed by atoms with van der Waals surface area (Å²) in [7, 11) is 4.25. The zero-order valence-corrected chi connectivity index (χ0v) is 14.7. The monoisotopic (exact) mass is 337 g/mol. The van der Waals surface area contributed by atoms with Crippen LogP contribution in [-0.2, 0) is 7.05 Å². The summed E-state index contributed by atoms with van der Waals surface area (Å²) in [6.45, 7) is 0. The van der Waals surface area contributed by atoms with Crippen molar-refractivity contribution in [3.05, 3.63) is 70.7 Å². The van der Waals surface area contributed by atoms with Crippen LogP contribution < -0.4 is 9.47 Å². The maximum atomic E-state index is 2.25. The van der Waals surface area contributed by atoms with E-state index >= 15 is 0 Å². The predicted octanol–water partition coefficient (Wildman–Crippen LogP) is 4.82. The predicted molar refractivity (Wildman–Crippen MR) is 101 cm³/mol. The molecule has 0 radical (unpaired) electrons. The summed E-state index contributed by atoms with van der Waals surface area (Å²) in [4.78, 5) is 3.57. The number of anilines is 1. The van der Waals surface area contributed by atoms with Gasteiger partial charge in [-0.2, -0.15) is 4.57 Å². The maximum Gasteiger partial charge on any atom is 0.262 e. The SMILES string of the molecule is CN1/C(=C/C=C/c2sc3ccccc3[n+]2C)Sc2ccccc21. The molecule has 0 saturated heterocycles. The molecule has 2 heterocycles. The number of hydrogen-bond donors (Lipinski definition) is 0. The first-order valence-corrected chi connectivity index (χ1v) is 9.14. The van der Waals surface area contributed by atoms with Crippen molar-refractivity contribution in [2.75, 3.05) is 11.9 Å². The Morgan fingerprint density at radius 2 is 1.83 bits per heavy atom. The van der Waals surface area contributed by atoms with Gasteiger partial charge >= 0.3 is 0 Å². The van der Waals surface area contributed by atoms with Crippen LogP contribution in [-0.4, -0.2) is 7.05 Å². The van der Waals surface area contributed by atoms with Gasteiger partial charge in [-0.25, -0.2) is 0 Å². The van der Waals surface area contributed by atoms with E-state index in [0.717, 1.165) is 0 Å². The quantitative estimate of drug-likeness (QED) is 0.619. The molecule has 0 unspecified atom stereocenters. The third-order valence-electron chi connectivity index (χ3n) is 4.02. The molecule has 2 nitrogen and oxygen atoms in total. The van der Waals surface area contributed by atoms with Gasteiger partial charge in [0.05, 0.1) is 10.7 Å². The van der Waals surface area contributed by atoms with E-state index in [1.54, 1.807) is 0 Å². The van der Waals surface area contributed by atoms with Crippen molar-refractivity contribution < 1.29 is 4.57 Å². The lowest BCUT2D eigenvalue weighted by molar-refractivity contribution is -0.642. The lowest BCUT2D eigenvalue weighted by Crippen LogP contribution is -2.28. The second-order valence-corrected chi connectivity index (χ2v) is 7.58. The second kappa shape index (κ2) is 5.87. The van der Waals surface area contributed by atoms with E-state index in [9.17, 15) is 0 Å². The van der Waals surface area contributed by atoms with E-state index in [-0.39, 0.29) is 0 Å². The fourth-order valence-corrected chi connectivity index (χ4v) is 4.87. The van der Waals surface area contributed by atoms with Crippen molar-refractivity contribution >= 4 is 45.1 Å². The second-order valence-electron chi connectivity index (χ2n) is 5.46. The van der Waals surface area contributed by atoms with Gasteiger partial charge in [0.15, 0.2) is 0 Å². The lowest BCUT2D eigenvalue weighted by atomic mass is 10.3. The largest absolute Gasteiger partial charge is 0.338 e. The van der Waals surface area contributed by atoms with Crippen LogP contribution in [0.4, 0.5) is 5.69 Å². The molecule has 1 aliphatic rings. The molecule has 1 aromatic heterocycles. The van der Waals surface area contributed by atoms with Crippen molar-refractivity contribution in [3.8, 4) is 0 Å². The van der Waals surface area contributed by atoms with Crippen molar-refractivity contribution in [3.63, 3.8) is 0 Å². The third-order valence-corrected chi connectivity index (χ3v) is 6.39. The Labute approximate surface area is 144 Å². The molecular formula is C19H17N2S2+. The van der Waals surface area contributed by atoms with E-state index in [2.05, 4.69) is 90.3 Å². The molecule has 1 aliphatic heterocycles. The lowest BCUT2D eigenvalue weighted by Gasteiger charge is -2.12. The Hall–Kier alpha value is -2.04. The normalized spacial score (nSPS) is 15.9. The van der Waals surface area contributed by atoms with Crippen LogP contribution in [0.2, 0.25) is 0 Å². The Morgan fingerprint density at radius 3 is 2.65 bits per heavy atom. The molecule has 0 bridgehead atoms. The van der Waals surface area contributed by atoms with E-state index < -0.39 is 0 Å². The number of aromatic nitrogens is 1. The molecule has 0 aliphatic carbocycles. The topological polar surface area (TPSA) is 7.12 Å². The minimum absolute atomic E-state index is 1.26. The molecule has 2 aromatic carbocycles. The third kappa shape index (κ3) is 2.58. The summed E-state index contributed by atoms with van der Waals surface area (Å²) in [5, 5.41) is 2.51. The Kier molecular flexibility index (Phi) is 3.71. The van der Waals surface area contributed by atoms with Crippen LogP contribution >= 0.6 is 23.1 Å².